The molecule has 3 atom stereocenters. The number of rotatable bonds is 5. The van der Waals surface area contributed by atoms with Crippen molar-refractivity contribution in [3.8, 4) is 0 Å². The molecule has 1 heterocycles. The number of carbonyl (C=O) groups excluding carboxylic acids is 3. The highest BCUT2D eigenvalue weighted by molar-refractivity contribution is 6.30. The number of methoxy groups -OCH3 is 1. The van der Waals surface area contributed by atoms with Gasteiger partial charge in [0.1, 0.15) is 5.92 Å². The predicted molar refractivity (Wildman–Crippen MR) is 113 cm³/mol. The Bertz CT molecular complexity index is 949. The Morgan fingerprint density at radius 1 is 1.30 bits per heavy atom. The van der Waals surface area contributed by atoms with E-state index >= 15 is 0 Å². The Kier molecular flexibility index (Phi) is 6.66. The van der Waals surface area contributed by atoms with Crippen molar-refractivity contribution >= 4 is 29.3 Å². The lowest BCUT2D eigenvalue weighted by molar-refractivity contribution is -0.151. The van der Waals surface area contributed by atoms with E-state index in [1.54, 1.807) is 25.1 Å². The highest BCUT2D eigenvalue weighted by Gasteiger charge is 2.47. The fourth-order valence-electron chi connectivity index (χ4n) is 4.24. The van der Waals surface area contributed by atoms with E-state index in [1.165, 1.54) is 7.11 Å². The summed E-state index contributed by atoms with van der Waals surface area (Å²) < 4.78 is 10.3. The van der Waals surface area contributed by atoms with Crippen molar-refractivity contribution in [2.75, 3.05) is 13.7 Å². The second-order valence-electron chi connectivity index (χ2n) is 7.73. The molecular weight excluding hydrogens is 406 g/mol. The van der Waals surface area contributed by atoms with Crippen LogP contribution in [-0.4, -0.2) is 31.4 Å². The van der Waals surface area contributed by atoms with Crippen LogP contribution in [0.25, 0.3) is 0 Å². The second kappa shape index (κ2) is 9.04. The standard InChI is InChI=1S/C23H26ClNO5/c1-5-9-30-23(28)18-13(3)25-16-10-12(2)17(22(27)29-4)21(26)20(16)19(18)14-7-6-8-15(24)11-14/h6-8,11-12,17,19,25H,5,9-10H2,1-4H3/t12-,17+,19+/m1/s1. The number of carbonyl (C=O) groups is 3. The Morgan fingerprint density at radius 2 is 2.03 bits per heavy atom. The number of hydrogen-bond donors (Lipinski definition) is 1. The van der Waals surface area contributed by atoms with E-state index in [1.807, 2.05) is 19.9 Å². The van der Waals surface area contributed by atoms with Gasteiger partial charge in [-0.15, -0.1) is 0 Å². The third-order valence-corrected chi connectivity index (χ3v) is 5.82. The molecular formula is C23H26ClNO5. The van der Waals surface area contributed by atoms with Crippen molar-refractivity contribution in [3.63, 3.8) is 0 Å². The maximum Gasteiger partial charge on any atom is 0.336 e. The summed E-state index contributed by atoms with van der Waals surface area (Å²) in [6.07, 6.45) is 1.18. The quantitative estimate of drug-likeness (QED) is 0.562. The van der Waals surface area contributed by atoms with E-state index < -0.39 is 23.8 Å². The molecule has 6 nitrogen and oxygen atoms in total. The lowest BCUT2D eigenvalue weighted by Gasteiger charge is -2.38. The molecule has 7 heteroatoms. The van der Waals surface area contributed by atoms with Crippen LogP contribution < -0.4 is 5.32 Å². The van der Waals surface area contributed by atoms with Crippen LogP contribution in [0.15, 0.2) is 46.8 Å². The summed E-state index contributed by atoms with van der Waals surface area (Å²) >= 11 is 6.22. The van der Waals surface area contributed by atoms with Gasteiger partial charge in [-0.2, -0.15) is 0 Å². The molecule has 0 saturated carbocycles. The van der Waals surface area contributed by atoms with Gasteiger partial charge in [0.15, 0.2) is 5.78 Å². The molecule has 1 aromatic carbocycles. The first-order chi connectivity index (χ1) is 14.3. The zero-order valence-corrected chi connectivity index (χ0v) is 18.3. The third-order valence-electron chi connectivity index (χ3n) is 5.58. The Balaban J connectivity index is 2.16. The normalized spacial score (nSPS) is 23.6. The molecule has 1 aliphatic heterocycles. The molecule has 0 saturated heterocycles. The smallest absolute Gasteiger partial charge is 0.336 e. The number of Topliss-reactive ketones (excluding diaryl/α,β-unsaturated/α-hetero) is 1. The average molecular weight is 432 g/mol. The monoisotopic (exact) mass is 431 g/mol. The number of allylic oxidation sites excluding steroid dienone is 3. The molecule has 30 heavy (non-hydrogen) atoms. The van der Waals surface area contributed by atoms with E-state index in [0.717, 1.165) is 5.70 Å². The number of esters is 2. The molecule has 160 valence electrons. The maximum atomic E-state index is 13.5. The summed E-state index contributed by atoms with van der Waals surface area (Å²) in [6, 6.07) is 7.07. The number of hydrogen-bond acceptors (Lipinski definition) is 6. The molecule has 0 bridgehead atoms. The van der Waals surface area contributed by atoms with Crippen LogP contribution in [-0.2, 0) is 23.9 Å². The van der Waals surface area contributed by atoms with Gasteiger partial charge in [-0.05, 0) is 43.4 Å². The van der Waals surface area contributed by atoms with Crippen molar-refractivity contribution < 1.29 is 23.9 Å². The summed E-state index contributed by atoms with van der Waals surface area (Å²) in [7, 11) is 1.28. The molecule has 3 rings (SSSR count). The number of halogens is 1. The molecule has 0 unspecified atom stereocenters. The Morgan fingerprint density at radius 3 is 2.67 bits per heavy atom. The summed E-state index contributed by atoms with van der Waals surface area (Å²) in [5.74, 6) is -3.19. The number of ether oxygens (including phenoxy) is 2. The Labute approximate surface area is 181 Å². The SMILES string of the molecule is CCCOC(=O)C1=C(C)NC2=C(C(=O)[C@@H](C(=O)OC)[C@H](C)C2)[C@H]1c1cccc(Cl)c1. The minimum absolute atomic E-state index is 0.224. The second-order valence-corrected chi connectivity index (χ2v) is 8.16. The number of dihydropyridines is 1. The molecule has 1 aliphatic carbocycles. The number of nitrogens with one attached hydrogen (secondary N) is 1. The molecule has 0 aromatic heterocycles. The molecule has 1 N–H and O–H groups in total. The predicted octanol–water partition coefficient (Wildman–Crippen LogP) is 3.91. The van der Waals surface area contributed by atoms with Gasteiger partial charge in [-0.1, -0.05) is 37.6 Å². The van der Waals surface area contributed by atoms with Crippen LogP contribution in [0.2, 0.25) is 5.02 Å². The summed E-state index contributed by atoms with van der Waals surface area (Å²) in [5, 5.41) is 3.72. The van der Waals surface area contributed by atoms with E-state index in [0.29, 0.717) is 40.3 Å². The van der Waals surface area contributed by atoms with Crippen molar-refractivity contribution in [1.82, 2.24) is 5.32 Å². The molecule has 0 fully saturated rings. The molecule has 0 spiro atoms. The maximum absolute atomic E-state index is 13.5. The van der Waals surface area contributed by atoms with Gasteiger partial charge in [-0.3, -0.25) is 9.59 Å². The van der Waals surface area contributed by atoms with Crippen LogP contribution in [0, 0.1) is 11.8 Å². The molecule has 0 radical (unpaired) electrons. The van der Waals surface area contributed by atoms with Gasteiger partial charge >= 0.3 is 11.9 Å². The number of benzene rings is 1. The highest BCUT2D eigenvalue weighted by Crippen LogP contribution is 2.45. The average Bonchev–Trinajstić information content (AvgIpc) is 2.70. The molecule has 2 aliphatic rings. The minimum atomic E-state index is -0.913. The highest BCUT2D eigenvalue weighted by atomic mass is 35.5. The zero-order valence-electron chi connectivity index (χ0n) is 17.6. The van der Waals surface area contributed by atoms with Gasteiger partial charge < -0.3 is 14.8 Å². The van der Waals surface area contributed by atoms with Crippen molar-refractivity contribution in [2.45, 2.75) is 39.5 Å². The topological polar surface area (TPSA) is 81.7 Å². The van der Waals surface area contributed by atoms with Crippen LogP contribution in [0.5, 0.6) is 0 Å². The summed E-state index contributed by atoms with van der Waals surface area (Å²) in [4.78, 5) is 38.9. The fraction of sp³-hybridized carbons (Fsp3) is 0.435. The molecule has 1 aromatic rings. The van der Waals surface area contributed by atoms with Gasteiger partial charge in [0.25, 0.3) is 0 Å². The van der Waals surface area contributed by atoms with Crippen LogP contribution in [0.4, 0.5) is 0 Å². The lowest BCUT2D eigenvalue weighted by Crippen LogP contribution is -2.43. The molecule has 0 amide bonds. The van der Waals surface area contributed by atoms with Crippen molar-refractivity contribution in [1.29, 1.82) is 0 Å². The summed E-state index contributed by atoms with van der Waals surface area (Å²) in [5.41, 5.74) is 2.82. The van der Waals surface area contributed by atoms with Gasteiger partial charge in [0, 0.05) is 27.9 Å². The van der Waals surface area contributed by atoms with Crippen molar-refractivity contribution in [3.05, 3.63) is 57.4 Å². The van der Waals surface area contributed by atoms with E-state index in [-0.39, 0.29) is 18.3 Å². The summed E-state index contributed by atoms with van der Waals surface area (Å²) in [6.45, 7) is 5.84. The van der Waals surface area contributed by atoms with Crippen LogP contribution in [0.1, 0.15) is 45.1 Å². The minimum Gasteiger partial charge on any atom is -0.468 e. The van der Waals surface area contributed by atoms with Gasteiger partial charge in [-0.25, -0.2) is 4.79 Å². The lowest BCUT2D eigenvalue weighted by atomic mass is 9.69. The van der Waals surface area contributed by atoms with Crippen molar-refractivity contribution in [2.24, 2.45) is 11.8 Å². The number of ketones is 1. The van der Waals surface area contributed by atoms with Gasteiger partial charge in [0.05, 0.1) is 19.3 Å². The largest absolute Gasteiger partial charge is 0.468 e. The van der Waals surface area contributed by atoms with Gasteiger partial charge in [0.2, 0.25) is 0 Å². The fourth-order valence-corrected chi connectivity index (χ4v) is 4.44. The third kappa shape index (κ3) is 4.01. The first-order valence-corrected chi connectivity index (χ1v) is 10.4. The van der Waals surface area contributed by atoms with E-state index in [2.05, 4.69) is 5.32 Å². The Hall–Kier alpha value is -2.60. The first-order valence-electron chi connectivity index (χ1n) is 10.1. The first kappa shape index (κ1) is 22.1. The van der Waals surface area contributed by atoms with Crippen LogP contribution >= 0.6 is 11.6 Å². The van der Waals surface area contributed by atoms with Crippen LogP contribution in [0.3, 0.4) is 0 Å². The zero-order chi connectivity index (χ0) is 22.0. The van der Waals surface area contributed by atoms with E-state index in [9.17, 15) is 14.4 Å². The van der Waals surface area contributed by atoms with E-state index in [4.69, 9.17) is 21.1 Å².